The molecule has 1 nitrogen and oxygen atoms in total. The molecule has 0 radical (unpaired) electrons. The summed E-state index contributed by atoms with van der Waals surface area (Å²) in [6, 6.07) is 14.1. The highest BCUT2D eigenvalue weighted by atomic mass is 79.9. The lowest BCUT2D eigenvalue weighted by atomic mass is 9.89. The van der Waals surface area contributed by atoms with Crippen LogP contribution < -0.4 is 0 Å². The van der Waals surface area contributed by atoms with E-state index in [0.717, 1.165) is 11.1 Å². The van der Waals surface area contributed by atoms with E-state index in [1.165, 1.54) is 12.1 Å². The predicted molar refractivity (Wildman–Crippen MR) is 73.8 cm³/mol. The lowest BCUT2D eigenvalue weighted by Gasteiger charge is -2.24. The quantitative estimate of drug-likeness (QED) is 0.907. The van der Waals surface area contributed by atoms with Crippen molar-refractivity contribution in [2.24, 2.45) is 0 Å². The standard InChI is InChI=1S/C15H14BrFO/c1-15(18,12-5-3-2-4-6-12)10-11-7-13(16)9-14(17)8-11/h2-9,18H,10H2,1H3. The molecule has 0 amide bonds. The van der Waals surface area contributed by atoms with Crippen LogP contribution in [-0.4, -0.2) is 5.11 Å². The zero-order valence-corrected chi connectivity index (χ0v) is 11.6. The minimum atomic E-state index is -1.01. The Hall–Kier alpha value is -1.19. The molecular formula is C15H14BrFO. The van der Waals surface area contributed by atoms with Crippen LogP contribution in [0.4, 0.5) is 4.39 Å². The first-order chi connectivity index (χ1) is 8.47. The van der Waals surface area contributed by atoms with Crippen LogP contribution in [0.25, 0.3) is 0 Å². The molecule has 2 rings (SSSR count). The van der Waals surface area contributed by atoms with Crippen molar-refractivity contribution in [2.45, 2.75) is 18.9 Å². The summed E-state index contributed by atoms with van der Waals surface area (Å²) in [6.07, 6.45) is 0.368. The van der Waals surface area contributed by atoms with Gasteiger partial charge in [0.25, 0.3) is 0 Å². The zero-order valence-electron chi connectivity index (χ0n) is 10.0. The van der Waals surface area contributed by atoms with Crippen molar-refractivity contribution in [1.82, 2.24) is 0 Å². The first-order valence-corrected chi connectivity index (χ1v) is 6.49. The molecule has 18 heavy (non-hydrogen) atoms. The van der Waals surface area contributed by atoms with Gasteiger partial charge in [-0.25, -0.2) is 4.39 Å². The summed E-state index contributed by atoms with van der Waals surface area (Å²) < 4.78 is 14.0. The summed E-state index contributed by atoms with van der Waals surface area (Å²) in [5.74, 6) is -0.303. The van der Waals surface area contributed by atoms with E-state index in [1.54, 1.807) is 6.92 Å². The molecule has 1 atom stereocenters. The normalized spacial score (nSPS) is 14.2. The summed E-state index contributed by atoms with van der Waals surface area (Å²) >= 11 is 3.26. The van der Waals surface area contributed by atoms with Crippen LogP contribution in [0.3, 0.4) is 0 Å². The molecule has 0 fully saturated rings. The predicted octanol–water partition coefficient (Wildman–Crippen LogP) is 4.04. The Kier molecular flexibility index (Phi) is 3.83. The monoisotopic (exact) mass is 308 g/mol. The molecular weight excluding hydrogens is 295 g/mol. The Morgan fingerprint density at radius 1 is 1.17 bits per heavy atom. The van der Waals surface area contributed by atoms with E-state index in [-0.39, 0.29) is 5.82 Å². The van der Waals surface area contributed by atoms with E-state index in [2.05, 4.69) is 15.9 Å². The van der Waals surface area contributed by atoms with Crippen LogP contribution in [0, 0.1) is 5.82 Å². The summed E-state index contributed by atoms with van der Waals surface area (Å²) in [5, 5.41) is 10.5. The molecule has 0 aliphatic carbocycles. The van der Waals surface area contributed by atoms with Crippen LogP contribution in [0.15, 0.2) is 53.0 Å². The molecule has 2 aromatic carbocycles. The van der Waals surface area contributed by atoms with Crippen molar-refractivity contribution >= 4 is 15.9 Å². The van der Waals surface area contributed by atoms with E-state index in [9.17, 15) is 9.50 Å². The van der Waals surface area contributed by atoms with Crippen LogP contribution in [-0.2, 0) is 12.0 Å². The van der Waals surface area contributed by atoms with Crippen molar-refractivity contribution in [3.8, 4) is 0 Å². The number of aliphatic hydroxyl groups is 1. The first kappa shape index (κ1) is 13.2. The molecule has 0 aromatic heterocycles. The molecule has 0 aliphatic heterocycles. The second kappa shape index (κ2) is 5.21. The lowest BCUT2D eigenvalue weighted by molar-refractivity contribution is 0.0575. The number of hydrogen-bond donors (Lipinski definition) is 1. The van der Waals surface area contributed by atoms with E-state index < -0.39 is 5.60 Å². The van der Waals surface area contributed by atoms with Gasteiger partial charge < -0.3 is 5.11 Å². The van der Waals surface area contributed by atoms with Crippen molar-refractivity contribution in [1.29, 1.82) is 0 Å². The molecule has 0 saturated heterocycles. The Morgan fingerprint density at radius 3 is 2.44 bits per heavy atom. The van der Waals surface area contributed by atoms with Crippen LogP contribution in [0.5, 0.6) is 0 Å². The Balaban J connectivity index is 2.27. The first-order valence-electron chi connectivity index (χ1n) is 5.70. The second-order valence-corrected chi connectivity index (χ2v) is 5.51. The maximum atomic E-state index is 13.3. The lowest BCUT2D eigenvalue weighted by Crippen LogP contribution is -2.24. The molecule has 0 aliphatic rings. The molecule has 2 aromatic rings. The van der Waals surface area contributed by atoms with Gasteiger partial charge in [0.05, 0.1) is 5.60 Å². The molecule has 0 spiro atoms. The summed E-state index contributed by atoms with van der Waals surface area (Å²) in [5.41, 5.74) is 0.579. The van der Waals surface area contributed by atoms with E-state index >= 15 is 0 Å². The van der Waals surface area contributed by atoms with Gasteiger partial charge in [0.15, 0.2) is 0 Å². The third kappa shape index (κ3) is 3.18. The average molecular weight is 309 g/mol. The fraction of sp³-hybridized carbons (Fsp3) is 0.200. The van der Waals surface area contributed by atoms with E-state index in [1.807, 2.05) is 36.4 Å². The van der Waals surface area contributed by atoms with Crippen LogP contribution >= 0.6 is 15.9 Å². The van der Waals surface area contributed by atoms with Crippen molar-refractivity contribution < 1.29 is 9.50 Å². The topological polar surface area (TPSA) is 20.2 Å². The van der Waals surface area contributed by atoms with Crippen molar-refractivity contribution in [2.75, 3.05) is 0 Å². The Labute approximate surface area is 114 Å². The highest BCUT2D eigenvalue weighted by Gasteiger charge is 2.23. The highest BCUT2D eigenvalue weighted by Crippen LogP contribution is 2.26. The largest absolute Gasteiger partial charge is 0.385 e. The molecule has 3 heteroatoms. The number of hydrogen-bond acceptors (Lipinski definition) is 1. The van der Waals surface area contributed by atoms with Gasteiger partial charge >= 0.3 is 0 Å². The Morgan fingerprint density at radius 2 is 1.83 bits per heavy atom. The third-order valence-corrected chi connectivity index (χ3v) is 3.32. The number of halogens is 2. The van der Waals surface area contributed by atoms with Gasteiger partial charge in [0, 0.05) is 10.9 Å². The molecule has 0 heterocycles. The fourth-order valence-electron chi connectivity index (χ4n) is 2.01. The van der Waals surface area contributed by atoms with E-state index in [4.69, 9.17) is 0 Å². The summed E-state index contributed by atoms with van der Waals surface area (Å²) in [4.78, 5) is 0. The van der Waals surface area contributed by atoms with Crippen molar-refractivity contribution in [3.63, 3.8) is 0 Å². The molecule has 1 unspecified atom stereocenters. The maximum Gasteiger partial charge on any atom is 0.124 e. The molecule has 94 valence electrons. The molecule has 1 N–H and O–H groups in total. The smallest absolute Gasteiger partial charge is 0.124 e. The van der Waals surface area contributed by atoms with Crippen LogP contribution in [0.1, 0.15) is 18.1 Å². The zero-order chi connectivity index (χ0) is 13.2. The minimum Gasteiger partial charge on any atom is -0.385 e. The third-order valence-electron chi connectivity index (χ3n) is 2.87. The van der Waals surface area contributed by atoms with Gasteiger partial charge in [-0.3, -0.25) is 0 Å². The van der Waals surface area contributed by atoms with Gasteiger partial charge in [-0.05, 0) is 36.2 Å². The molecule has 0 bridgehead atoms. The van der Waals surface area contributed by atoms with Gasteiger partial charge in [-0.2, -0.15) is 0 Å². The minimum absolute atomic E-state index is 0.303. The van der Waals surface area contributed by atoms with Crippen LogP contribution in [0.2, 0.25) is 0 Å². The van der Waals surface area contributed by atoms with Gasteiger partial charge in [0.1, 0.15) is 5.82 Å². The SMILES string of the molecule is CC(O)(Cc1cc(F)cc(Br)c1)c1ccccc1. The maximum absolute atomic E-state index is 13.3. The fourth-order valence-corrected chi connectivity index (χ4v) is 2.52. The van der Waals surface area contributed by atoms with Gasteiger partial charge in [-0.1, -0.05) is 46.3 Å². The summed E-state index contributed by atoms with van der Waals surface area (Å²) in [7, 11) is 0. The Bertz CT molecular complexity index is 517. The molecule has 0 saturated carbocycles. The van der Waals surface area contributed by atoms with Gasteiger partial charge in [0.2, 0.25) is 0 Å². The summed E-state index contributed by atoms with van der Waals surface area (Å²) in [6.45, 7) is 1.74. The van der Waals surface area contributed by atoms with Crippen molar-refractivity contribution in [3.05, 3.63) is 69.9 Å². The highest BCUT2D eigenvalue weighted by molar-refractivity contribution is 9.10. The second-order valence-electron chi connectivity index (χ2n) is 4.59. The van der Waals surface area contributed by atoms with Gasteiger partial charge in [-0.15, -0.1) is 0 Å². The van der Waals surface area contributed by atoms with E-state index in [0.29, 0.717) is 10.9 Å². The average Bonchev–Trinajstić information content (AvgIpc) is 2.28. The number of rotatable bonds is 3. The number of benzene rings is 2.